The van der Waals surface area contributed by atoms with Crippen LogP contribution in [0.3, 0.4) is 0 Å². The maximum atomic E-state index is 14.0. The lowest BCUT2D eigenvalue weighted by Crippen LogP contribution is -2.42. The lowest BCUT2D eigenvalue weighted by Gasteiger charge is -2.40. The minimum atomic E-state index is -1.26. The van der Waals surface area contributed by atoms with Crippen LogP contribution in [0.1, 0.15) is 29.5 Å². The molecule has 1 amide bonds. The summed E-state index contributed by atoms with van der Waals surface area (Å²) in [5.74, 6) is -3.54. The predicted molar refractivity (Wildman–Crippen MR) is 149 cm³/mol. The summed E-state index contributed by atoms with van der Waals surface area (Å²) >= 11 is 0. The Labute approximate surface area is 233 Å². The van der Waals surface area contributed by atoms with Gasteiger partial charge in [-0.25, -0.2) is 13.2 Å². The summed E-state index contributed by atoms with van der Waals surface area (Å²) in [7, 11) is 1.73. The highest BCUT2D eigenvalue weighted by Crippen LogP contribution is 2.40. The van der Waals surface area contributed by atoms with Gasteiger partial charge in [-0.15, -0.1) is 24.8 Å². The molecule has 3 aromatic carbocycles. The normalized spacial score (nSPS) is 14.1. The molecule has 3 aromatic rings. The van der Waals surface area contributed by atoms with Gasteiger partial charge in [0.2, 0.25) is 5.91 Å². The van der Waals surface area contributed by atoms with Crippen LogP contribution in [0.2, 0.25) is 0 Å². The number of rotatable bonds is 8. The molecule has 1 aliphatic heterocycles. The molecule has 4 rings (SSSR count). The van der Waals surface area contributed by atoms with Gasteiger partial charge < -0.3 is 20.7 Å². The predicted octanol–water partition coefficient (Wildman–Crippen LogP) is 6.07. The molecule has 206 valence electrons. The monoisotopic (exact) mass is 569 g/mol. The summed E-state index contributed by atoms with van der Waals surface area (Å²) in [5, 5.41) is 9.25. The summed E-state index contributed by atoms with van der Waals surface area (Å²) < 4.78 is 46.1. The fourth-order valence-corrected chi connectivity index (χ4v) is 4.86. The third kappa shape index (κ3) is 7.41. The van der Waals surface area contributed by atoms with Crippen LogP contribution >= 0.6 is 24.8 Å². The molecule has 0 aromatic heterocycles. The van der Waals surface area contributed by atoms with E-state index in [0.717, 1.165) is 49.2 Å². The maximum Gasteiger partial charge on any atom is 0.238 e. The van der Waals surface area contributed by atoms with E-state index < -0.39 is 17.5 Å². The van der Waals surface area contributed by atoms with Gasteiger partial charge >= 0.3 is 0 Å². The summed E-state index contributed by atoms with van der Waals surface area (Å²) in [4.78, 5) is 12.1. The number of hydrogen-bond donors (Lipinski definition) is 3. The molecule has 0 aliphatic carbocycles. The molecule has 1 fully saturated rings. The van der Waals surface area contributed by atoms with Crippen molar-refractivity contribution in [2.75, 3.05) is 32.0 Å². The summed E-state index contributed by atoms with van der Waals surface area (Å²) in [5.41, 5.74) is 4.08. The van der Waals surface area contributed by atoms with Crippen LogP contribution < -0.4 is 20.7 Å². The number of carbonyl (C=O) groups excluding carboxylic acids is 1. The van der Waals surface area contributed by atoms with Gasteiger partial charge in [-0.1, -0.05) is 18.2 Å². The zero-order chi connectivity index (χ0) is 25.7. The standard InChI is InChI=1S/C28H30F3N3O2.2ClH/c1-18-3-6-20(34-27(35)17-32-2)13-22(18)28(9-11-33-12-10-28)16-19-4-7-21(8-5-19)36-26-15-24(30)23(29)14-25(26)31;;/h3-8,13-15,32-33H,9-12,16-17H2,1-2H3,(H,34,35);2*1H. The van der Waals surface area contributed by atoms with E-state index in [2.05, 4.69) is 28.9 Å². The van der Waals surface area contributed by atoms with Crippen molar-refractivity contribution in [1.82, 2.24) is 10.6 Å². The van der Waals surface area contributed by atoms with Crippen molar-refractivity contribution in [2.24, 2.45) is 0 Å². The van der Waals surface area contributed by atoms with Crippen LogP contribution in [-0.2, 0) is 16.6 Å². The van der Waals surface area contributed by atoms with Crippen LogP contribution in [0.5, 0.6) is 11.5 Å². The Bertz CT molecular complexity index is 1240. The molecule has 3 N–H and O–H groups in total. The first-order valence-electron chi connectivity index (χ1n) is 12.0. The highest BCUT2D eigenvalue weighted by Gasteiger charge is 2.35. The Balaban J connectivity index is 0.00000253. The molecular formula is C28H32Cl2F3N3O2. The molecule has 0 spiro atoms. The fraction of sp³-hybridized carbons (Fsp3) is 0.321. The zero-order valence-corrected chi connectivity index (χ0v) is 22.8. The Kier molecular flexibility index (Phi) is 11.5. The molecule has 1 saturated heterocycles. The number of amides is 1. The molecule has 1 aliphatic rings. The van der Waals surface area contributed by atoms with Crippen LogP contribution in [-0.4, -0.2) is 32.6 Å². The van der Waals surface area contributed by atoms with Gasteiger partial charge in [-0.3, -0.25) is 4.79 Å². The molecule has 0 saturated carbocycles. The number of hydrogen-bond acceptors (Lipinski definition) is 4. The first kappa shape index (κ1) is 31.4. The van der Waals surface area contributed by atoms with Gasteiger partial charge in [-0.05, 0) is 87.3 Å². The maximum absolute atomic E-state index is 14.0. The van der Waals surface area contributed by atoms with Gasteiger partial charge in [0.15, 0.2) is 23.2 Å². The zero-order valence-electron chi connectivity index (χ0n) is 21.2. The van der Waals surface area contributed by atoms with E-state index in [1.54, 1.807) is 19.2 Å². The van der Waals surface area contributed by atoms with E-state index in [9.17, 15) is 18.0 Å². The molecular weight excluding hydrogens is 538 g/mol. The second-order valence-corrected chi connectivity index (χ2v) is 9.26. The van der Waals surface area contributed by atoms with Crippen molar-refractivity contribution in [2.45, 2.75) is 31.6 Å². The number of likely N-dealkylation sites (N-methyl/N-ethyl adjacent to an activating group) is 1. The van der Waals surface area contributed by atoms with E-state index in [4.69, 9.17) is 4.74 Å². The quantitative estimate of drug-likeness (QED) is 0.288. The van der Waals surface area contributed by atoms with Crippen LogP contribution in [0.15, 0.2) is 54.6 Å². The number of anilines is 1. The first-order valence-corrected chi connectivity index (χ1v) is 12.0. The first-order chi connectivity index (χ1) is 17.3. The number of piperidine rings is 1. The van der Waals surface area contributed by atoms with E-state index in [1.807, 2.05) is 24.3 Å². The van der Waals surface area contributed by atoms with E-state index >= 15 is 0 Å². The third-order valence-corrected chi connectivity index (χ3v) is 6.66. The molecule has 38 heavy (non-hydrogen) atoms. The van der Waals surface area contributed by atoms with E-state index in [1.165, 1.54) is 5.56 Å². The lowest BCUT2D eigenvalue weighted by atomic mass is 9.68. The minimum Gasteiger partial charge on any atom is -0.454 e. The van der Waals surface area contributed by atoms with Gasteiger partial charge in [0.25, 0.3) is 0 Å². The fourth-order valence-electron chi connectivity index (χ4n) is 4.86. The second kappa shape index (κ2) is 13.8. The summed E-state index contributed by atoms with van der Waals surface area (Å²) in [6.45, 7) is 4.09. The van der Waals surface area contributed by atoms with Gasteiger partial charge in [-0.2, -0.15) is 0 Å². The largest absolute Gasteiger partial charge is 0.454 e. The van der Waals surface area contributed by atoms with Crippen LogP contribution in [0.4, 0.5) is 18.9 Å². The lowest BCUT2D eigenvalue weighted by molar-refractivity contribution is -0.115. The van der Waals surface area contributed by atoms with Crippen molar-refractivity contribution in [1.29, 1.82) is 0 Å². The summed E-state index contributed by atoms with van der Waals surface area (Å²) in [6.07, 6.45) is 2.63. The van der Waals surface area contributed by atoms with Gasteiger partial charge in [0.05, 0.1) is 6.54 Å². The molecule has 0 radical (unpaired) electrons. The highest BCUT2D eigenvalue weighted by molar-refractivity contribution is 5.92. The Hall–Kier alpha value is -2.78. The number of carbonyl (C=O) groups is 1. The molecule has 0 bridgehead atoms. The van der Waals surface area contributed by atoms with Gasteiger partial charge in [0.1, 0.15) is 5.75 Å². The second-order valence-electron chi connectivity index (χ2n) is 9.26. The number of benzene rings is 3. The minimum absolute atomic E-state index is 0. The SMILES string of the molecule is CNCC(=O)Nc1ccc(C)c(C2(Cc3ccc(Oc4cc(F)c(F)cc4F)cc3)CCNCC2)c1.Cl.Cl. The number of nitrogens with one attached hydrogen (secondary N) is 3. The number of ether oxygens (including phenoxy) is 1. The number of halogens is 5. The molecule has 1 heterocycles. The topological polar surface area (TPSA) is 62.4 Å². The molecule has 10 heteroatoms. The van der Waals surface area contributed by atoms with E-state index in [-0.39, 0.29) is 48.4 Å². The Morgan fingerprint density at radius 1 is 0.947 bits per heavy atom. The van der Waals surface area contributed by atoms with Crippen molar-refractivity contribution < 1.29 is 22.7 Å². The van der Waals surface area contributed by atoms with Crippen LogP contribution in [0.25, 0.3) is 0 Å². The van der Waals surface area contributed by atoms with Crippen molar-refractivity contribution in [3.05, 3.63) is 88.7 Å². The van der Waals surface area contributed by atoms with Crippen molar-refractivity contribution >= 4 is 36.4 Å². The highest BCUT2D eigenvalue weighted by atomic mass is 35.5. The number of aryl methyl sites for hydroxylation is 1. The Morgan fingerprint density at radius 3 is 2.26 bits per heavy atom. The van der Waals surface area contributed by atoms with Crippen LogP contribution in [0, 0.1) is 24.4 Å². The summed E-state index contributed by atoms with van der Waals surface area (Å²) in [6, 6.07) is 14.4. The molecule has 0 unspecified atom stereocenters. The smallest absolute Gasteiger partial charge is 0.238 e. The van der Waals surface area contributed by atoms with E-state index in [0.29, 0.717) is 17.9 Å². The average molecular weight is 570 g/mol. The third-order valence-electron chi connectivity index (χ3n) is 6.66. The van der Waals surface area contributed by atoms with Crippen molar-refractivity contribution in [3.63, 3.8) is 0 Å². The average Bonchev–Trinajstić information content (AvgIpc) is 2.85. The van der Waals surface area contributed by atoms with Crippen molar-refractivity contribution in [3.8, 4) is 11.5 Å². The molecule has 0 atom stereocenters. The molecule has 5 nitrogen and oxygen atoms in total. The van der Waals surface area contributed by atoms with Gasteiger partial charge in [0, 0.05) is 23.2 Å². The Morgan fingerprint density at radius 2 is 1.61 bits per heavy atom.